The highest BCUT2D eigenvalue weighted by Crippen LogP contribution is 2.28. The van der Waals surface area contributed by atoms with Gasteiger partial charge in [-0.2, -0.15) is 0 Å². The molecule has 1 fully saturated rings. The van der Waals surface area contributed by atoms with Gasteiger partial charge in [-0.3, -0.25) is 9.59 Å². The molecule has 5 rings (SSSR count). The Hall–Kier alpha value is -4.62. The first-order chi connectivity index (χ1) is 21.5. The molecule has 7 nitrogen and oxygen atoms in total. The maximum absolute atomic E-state index is 13.3. The molecule has 7 heteroatoms. The maximum atomic E-state index is 13.3. The Bertz CT molecular complexity index is 1550. The molecular weight excluding hydrogens is 550 g/mol. The summed E-state index contributed by atoms with van der Waals surface area (Å²) in [6, 6.07) is 26.4. The van der Waals surface area contributed by atoms with Gasteiger partial charge in [-0.05, 0) is 115 Å². The lowest BCUT2D eigenvalue weighted by Crippen LogP contribution is -2.33. The van der Waals surface area contributed by atoms with Crippen molar-refractivity contribution in [1.82, 2.24) is 10.2 Å². The molecule has 4 N–H and O–H groups in total. The molecular formula is C37H41N3O4. The molecule has 1 heterocycles. The highest BCUT2D eigenvalue weighted by molar-refractivity contribution is 5.95. The standard InChI is InChI=1S/C37H41N3O4/c38-24-28-5-1-6-29(21-28)25-39-37(43)33-10-3-9-32(23-33)31-8-2-7-30(22-31)26-40(19-18-27-12-14-34(41)15-13-27)36(42)17-16-35-11-4-20-44-35/h2-4,7-17,20,22-23,28-29,41H,1,5-6,18-19,21,24-26,38H2,(H,39,43)/b17-16+. The number of rotatable bonds is 12. The van der Waals surface area contributed by atoms with Crippen LogP contribution in [-0.2, 0) is 17.8 Å². The van der Waals surface area contributed by atoms with Gasteiger partial charge in [0.15, 0.2) is 0 Å². The summed E-state index contributed by atoms with van der Waals surface area (Å²) in [6.07, 6.45) is 10.0. The third-order valence-corrected chi connectivity index (χ3v) is 8.39. The summed E-state index contributed by atoms with van der Waals surface area (Å²) >= 11 is 0. The molecule has 4 aromatic rings. The average molecular weight is 592 g/mol. The van der Waals surface area contributed by atoms with Crippen molar-refractivity contribution in [2.45, 2.75) is 38.6 Å². The summed E-state index contributed by atoms with van der Waals surface area (Å²) in [6.45, 7) is 2.31. The van der Waals surface area contributed by atoms with Crippen molar-refractivity contribution in [2.75, 3.05) is 19.6 Å². The van der Waals surface area contributed by atoms with Crippen LogP contribution < -0.4 is 11.1 Å². The zero-order chi connectivity index (χ0) is 30.7. The number of carbonyl (C=O) groups excluding carboxylic acids is 2. The fourth-order valence-corrected chi connectivity index (χ4v) is 5.89. The van der Waals surface area contributed by atoms with Crippen LogP contribution in [0.1, 0.15) is 52.9 Å². The van der Waals surface area contributed by atoms with Gasteiger partial charge in [-0.15, -0.1) is 0 Å². The second-order valence-electron chi connectivity index (χ2n) is 11.7. The summed E-state index contributed by atoms with van der Waals surface area (Å²) in [5.41, 5.74) is 10.5. The zero-order valence-electron chi connectivity index (χ0n) is 25.0. The van der Waals surface area contributed by atoms with Gasteiger partial charge < -0.3 is 25.5 Å². The van der Waals surface area contributed by atoms with E-state index in [0.29, 0.717) is 49.2 Å². The van der Waals surface area contributed by atoms with Gasteiger partial charge in [-0.25, -0.2) is 0 Å². The Morgan fingerprint density at radius 1 is 0.932 bits per heavy atom. The predicted molar refractivity (Wildman–Crippen MR) is 174 cm³/mol. The Balaban J connectivity index is 1.27. The van der Waals surface area contributed by atoms with Gasteiger partial charge in [0.05, 0.1) is 6.26 Å². The van der Waals surface area contributed by atoms with Crippen LogP contribution >= 0.6 is 0 Å². The smallest absolute Gasteiger partial charge is 0.251 e. The monoisotopic (exact) mass is 591 g/mol. The molecule has 2 amide bonds. The molecule has 2 atom stereocenters. The molecule has 0 bridgehead atoms. The van der Waals surface area contributed by atoms with Crippen molar-refractivity contribution in [3.05, 3.63) is 120 Å². The Kier molecular flexibility index (Phi) is 10.7. The first-order valence-electron chi connectivity index (χ1n) is 15.4. The van der Waals surface area contributed by atoms with E-state index in [0.717, 1.165) is 41.6 Å². The minimum Gasteiger partial charge on any atom is -0.508 e. The third kappa shape index (κ3) is 8.71. The quantitative estimate of drug-likeness (QED) is 0.165. The van der Waals surface area contributed by atoms with Crippen LogP contribution in [0.15, 0.2) is 102 Å². The summed E-state index contributed by atoms with van der Waals surface area (Å²) in [5, 5.41) is 12.8. The van der Waals surface area contributed by atoms with Crippen LogP contribution in [0, 0.1) is 11.8 Å². The molecule has 3 aromatic carbocycles. The fourth-order valence-electron chi connectivity index (χ4n) is 5.89. The van der Waals surface area contributed by atoms with Crippen LogP contribution in [0.4, 0.5) is 0 Å². The van der Waals surface area contributed by atoms with E-state index in [1.807, 2.05) is 54.6 Å². The molecule has 2 unspecified atom stereocenters. The van der Waals surface area contributed by atoms with Gasteiger partial charge in [0.25, 0.3) is 5.91 Å². The van der Waals surface area contributed by atoms with Crippen LogP contribution in [-0.4, -0.2) is 41.5 Å². The highest BCUT2D eigenvalue weighted by Gasteiger charge is 2.21. The van der Waals surface area contributed by atoms with Crippen molar-refractivity contribution in [3.8, 4) is 16.9 Å². The van der Waals surface area contributed by atoms with Crippen molar-refractivity contribution in [2.24, 2.45) is 17.6 Å². The number of benzene rings is 3. The fraction of sp³-hybridized carbons (Fsp3) is 0.297. The topological polar surface area (TPSA) is 109 Å². The molecule has 44 heavy (non-hydrogen) atoms. The van der Waals surface area contributed by atoms with Crippen LogP contribution in [0.2, 0.25) is 0 Å². The molecule has 0 spiro atoms. The Morgan fingerprint density at radius 3 is 2.48 bits per heavy atom. The lowest BCUT2D eigenvalue weighted by atomic mass is 9.81. The van der Waals surface area contributed by atoms with Gasteiger partial charge in [0.1, 0.15) is 11.5 Å². The lowest BCUT2D eigenvalue weighted by Gasteiger charge is -2.28. The number of phenolic OH excluding ortho intramolecular Hbond substituents is 1. The number of nitrogens with one attached hydrogen (secondary N) is 1. The van der Waals surface area contributed by atoms with E-state index in [1.54, 1.807) is 41.5 Å². The molecule has 1 aliphatic carbocycles. The van der Waals surface area contributed by atoms with E-state index >= 15 is 0 Å². The first kappa shape index (κ1) is 30.8. The van der Waals surface area contributed by atoms with E-state index in [2.05, 4.69) is 11.4 Å². The van der Waals surface area contributed by atoms with Gasteiger partial charge in [0.2, 0.25) is 5.91 Å². The van der Waals surface area contributed by atoms with E-state index in [1.165, 1.54) is 18.9 Å². The van der Waals surface area contributed by atoms with Crippen LogP contribution in [0.3, 0.4) is 0 Å². The van der Waals surface area contributed by atoms with E-state index in [9.17, 15) is 14.7 Å². The number of nitrogens with zero attached hydrogens (tertiary/aromatic N) is 1. The normalized spacial score (nSPS) is 16.6. The third-order valence-electron chi connectivity index (χ3n) is 8.39. The van der Waals surface area contributed by atoms with Crippen molar-refractivity contribution in [1.29, 1.82) is 0 Å². The molecule has 0 aliphatic heterocycles. The first-order valence-corrected chi connectivity index (χ1v) is 15.4. The maximum Gasteiger partial charge on any atom is 0.251 e. The number of hydrogen-bond donors (Lipinski definition) is 3. The van der Waals surface area contributed by atoms with Crippen molar-refractivity contribution < 1.29 is 19.1 Å². The molecule has 1 aromatic heterocycles. The SMILES string of the molecule is NCC1CCCC(CNC(=O)c2cccc(-c3cccc(CN(CCc4ccc(O)cc4)C(=O)/C=C/c4ccco4)c3)c2)C1. The number of amides is 2. The minimum atomic E-state index is -0.125. The molecule has 0 saturated heterocycles. The Labute approximate surface area is 259 Å². The number of aromatic hydroxyl groups is 1. The zero-order valence-corrected chi connectivity index (χ0v) is 25.0. The van der Waals surface area contributed by atoms with Gasteiger partial charge in [-0.1, -0.05) is 48.9 Å². The number of phenols is 1. The number of hydrogen-bond acceptors (Lipinski definition) is 5. The molecule has 1 saturated carbocycles. The summed E-state index contributed by atoms with van der Waals surface area (Å²) in [5.74, 6) is 1.68. The molecule has 228 valence electrons. The summed E-state index contributed by atoms with van der Waals surface area (Å²) in [7, 11) is 0. The van der Waals surface area contributed by atoms with E-state index in [4.69, 9.17) is 10.2 Å². The van der Waals surface area contributed by atoms with E-state index in [-0.39, 0.29) is 17.6 Å². The second kappa shape index (κ2) is 15.2. The molecule has 0 radical (unpaired) electrons. The minimum absolute atomic E-state index is 0.0628. The second-order valence-corrected chi connectivity index (χ2v) is 11.7. The molecule has 1 aliphatic rings. The van der Waals surface area contributed by atoms with Gasteiger partial charge >= 0.3 is 0 Å². The number of furan rings is 1. The summed E-state index contributed by atoms with van der Waals surface area (Å²) in [4.78, 5) is 28.2. The van der Waals surface area contributed by atoms with Gasteiger partial charge in [0, 0.05) is 31.3 Å². The van der Waals surface area contributed by atoms with Crippen molar-refractivity contribution >= 4 is 17.9 Å². The average Bonchev–Trinajstić information content (AvgIpc) is 3.59. The Morgan fingerprint density at radius 2 is 1.70 bits per heavy atom. The largest absolute Gasteiger partial charge is 0.508 e. The predicted octanol–water partition coefficient (Wildman–Crippen LogP) is 6.43. The number of carbonyl (C=O) groups is 2. The highest BCUT2D eigenvalue weighted by atomic mass is 16.3. The van der Waals surface area contributed by atoms with Crippen LogP contribution in [0.25, 0.3) is 17.2 Å². The van der Waals surface area contributed by atoms with E-state index < -0.39 is 0 Å². The van der Waals surface area contributed by atoms with Crippen LogP contribution in [0.5, 0.6) is 5.75 Å². The number of nitrogens with two attached hydrogens (primary N) is 1. The summed E-state index contributed by atoms with van der Waals surface area (Å²) < 4.78 is 5.35. The lowest BCUT2D eigenvalue weighted by molar-refractivity contribution is -0.126. The van der Waals surface area contributed by atoms with Crippen molar-refractivity contribution in [3.63, 3.8) is 0 Å².